The van der Waals surface area contributed by atoms with Gasteiger partial charge in [0.1, 0.15) is 12.2 Å². The largest absolute Gasteiger partial charge is 0.453 e. The summed E-state index contributed by atoms with van der Waals surface area (Å²) in [5.41, 5.74) is 1.63. The van der Waals surface area contributed by atoms with Gasteiger partial charge >= 0.3 is 5.97 Å². The molecule has 1 N–H and O–H groups in total. The van der Waals surface area contributed by atoms with Crippen LogP contribution >= 0.6 is 0 Å². The first-order valence-corrected chi connectivity index (χ1v) is 11.7. The van der Waals surface area contributed by atoms with E-state index in [1.165, 1.54) is 6.08 Å². The van der Waals surface area contributed by atoms with E-state index in [9.17, 15) is 4.79 Å². The average molecular weight is 462 g/mol. The number of nitrogens with one attached hydrogen (secondary N) is 1. The minimum atomic E-state index is -0.829. The molecule has 0 unspecified atom stereocenters. The monoisotopic (exact) mass is 461 g/mol. The molecule has 182 valence electrons. The van der Waals surface area contributed by atoms with Crippen molar-refractivity contribution in [3.8, 4) is 0 Å². The van der Waals surface area contributed by atoms with Crippen molar-refractivity contribution < 1.29 is 33.2 Å². The van der Waals surface area contributed by atoms with Crippen molar-refractivity contribution in [1.82, 2.24) is 5.32 Å². The number of ether oxygens (including phenoxy) is 6. The van der Waals surface area contributed by atoms with Crippen molar-refractivity contribution in [2.45, 2.75) is 89.7 Å². The number of hydrogen-bond acceptors (Lipinski definition) is 8. The SMILES string of the molecule is CCCCN/C(=C\C(=O)O[C@@H]1[C@H]2OC(C)(C)O[C@H]2O[C@@H]1[C@H]1COC(C)(C)O1)c1ccccc1. The summed E-state index contributed by atoms with van der Waals surface area (Å²) in [6, 6.07) is 9.73. The molecule has 3 fully saturated rings. The third-order valence-corrected chi connectivity index (χ3v) is 5.87. The molecule has 0 bridgehead atoms. The molecule has 4 rings (SSSR count). The lowest BCUT2D eigenvalue weighted by molar-refractivity contribution is -0.234. The van der Waals surface area contributed by atoms with Gasteiger partial charge in [-0.05, 0) is 39.7 Å². The summed E-state index contributed by atoms with van der Waals surface area (Å²) in [5.74, 6) is -2.04. The van der Waals surface area contributed by atoms with Crippen LogP contribution in [0, 0.1) is 0 Å². The highest BCUT2D eigenvalue weighted by atomic mass is 16.8. The summed E-state index contributed by atoms with van der Waals surface area (Å²) in [4.78, 5) is 13.1. The molecule has 0 aliphatic carbocycles. The molecule has 0 amide bonds. The molecule has 8 heteroatoms. The number of benzene rings is 1. The molecular weight excluding hydrogens is 426 g/mol. The Balaban J connectivity index is 1.53. The van der Waals surface area contributed by atoms with Gasteiger partial charge in [-0.25, -0.2) is 4.79 Å². The molecule has 3 heterocycles. The van der Waals surface area contributed by atoms with Crippen LogP contribution in [-0.4, -0.2) is 61.4 Å². The number of fused-ring (bicyclic) bond motifs is 1. The lowest BCUT2D eigenvalue weighted by Crippen LogP contribution is -2.45. The highest BCUT2D eigenvalue weighted by molar-refractivity contribution is 5.91. The Kier molecular flexibility index (Phi) is 7.12. The van der Waals surface area contributed by atoms with Crippen LogP contribution in [0.4, 0.5) is 0 Å². The fraction of sp³-hybridized carbons (Fsp3) is 0.640. The molecule has 1 aromatic rings. The molecule has 0 saturated carbocycles. The molecule has 33 heavy (non-hydrogen) atoms. The Morgan fingerprint density at radius 2 is 1.85 bits per heavy atom. The summed E-state index contributed by atoms with van der Waals surface area (Å²) < 4.78 is 35.7. The predicted octanol–water partition coefficient (Wildman–Crippen LogP) is 3.36. The zero-order valence-electron chi connectivity index (χ0n) is 20.0. The Morgan fingerprint density at radius 1 is 1.09 bits per heavy atom. The van der Waals surface area contributed by atoms with Crippen LogP contribution in [0.1, 0.15) is 53.0 Å². The first-order valence-electron chi connectivity index (χ1n) is 11.7. The van der Waals surface area contributed by atoms with Gasteiger partial charge in [0.2, 0.25) is 0 Å². The topological polar surface area (TPSA) is 84.5 Å². The van der Waals surface area contributed by atoms with E-state index in [2.05, 4.69) is 12.2 Å². The van der Waals surface area contributed by atoms with Gasteiger partial charge in [-0.15, -0.1) is 0 Å². The third kappa shape index (κ3) is 5.75. The van der Waals surface area contributed by atoms with Gasteiger partial charge in [0.25, 0.3) is 0 Å². The van der Waals surface area contributed by atoms with Gasteiger partial charge in [0.05, 0.1) is 6.61 Å². The maximum Gasteiger partial charge on any atom is 0.333 e. The maximum atomic E-state index is 13.1. The van der Waals surface area contributed by atoms with Crippen LogP contribution < -0.4 is 5.32 Å². The highest BCUT2D eigenvalue weighted by Crippen LogP contribution is 2.42. The molecule has 5 atom stereocenters. The van der Waals surface area contributed by atoms with Crippen molar-refractivity contribution in [3.05, 3.63) is 42.0 Å². The summed E-state index contributed by atoms with van der Waals surface area (Å²) in [7, 11) is 0. The first-order chi connectivity index (χ1) is 15.7. The maximum absolute atomic E-state index is 13.1. The van der Waals surface area contributed by atoms with Gasteiger partial charge in [-0.3, -0.25) is 0 Å². The highest BCUT2D eigenvalue weighted by Gasteiger charge is 2.60. The van der Waals surface area contributed by atoms with Gasteiger partial charge in [-0.2, -0.15) is 0 Å². The van der Waals surface area contributed by atoms with E-state index in [0.717, 1.165) is 24.9 Å². The summed E-state index contributed by atoms with van der Waals surface area (Å²) >= 11 is 0. The Labute approximate surface area is 195 Å². The first kappa shape index (κ1) is 24.2. The normalized spacial score (nSPS) is 32.5. The van der Waals surface area contributed by atoms with E-state index < -0.39 is 48.2 Å². The number of hydrogen-bond donors (Lipinski definition) is 1. The van der Waals surface area contributed by atoms with Crippen LogP contribution in [0.2, 0.25) is 0 Å². The van der Waals surface area contributed by atoms with Crippen LogP contribution in [-0.2, 0) is 33.2 Å². The van der Waals surface area contributed by atoms with Gasteiger partial charge in [0, 0.05) is 18.3 Å². The van der Waals surface area contributed by atoms with E-state index >= 15 is 0 Å². The second-order valence-corrected chi connectivity index (χ2v) is 9.54. The van der Waals surface area contributed by atoms with Crippen molar-refractivity contribution in [3.63, 3.8) is 0 Å². The quantitative estimate of drug-likeness (QED) is 0.358. The van der Waals surface area contributed by atoms with Gasteiger partial charge in [-0.1, -0.05) is 43.7 Å². The minimum Gasteiger partial charge on any atom is -0.453 e. The molecule has 0 radical (unpaired) electrons. The lowest BCUT2D eigenvalue weighted by Gasteiger charge is -2.28. The number of rotatable bonds is 8. The summed E-state index contributed by atoms with van der Waals surface area (Å²) in [6.07, 6.45) is 0.677. The molecule has 8 nitrogen and oxygen atoms in total. The molecule has 3 aliphatic rings. The van der Waals surface area contributed by atoms with Crippen LogP contribution in [0.25, 0.3) is 5.70 Å². The molecular formula is C25H35NO7. The standard InChI is InChI=1S/C25H35NO7/c1-6-7-13-26-17(16-11-9-8-10-12-16)14-19(27)29-21-20(18-15-28-24(2,3)31-18)30-23-22(21)32-25(4,5)33-23/h8-12,14,18,20-23,26H,6-7,13,15H2,1-5H3/b17-14-/t18-,20-,21+,22-,23-/m1/s1. The fourth-order valence-electron chi connectivity index (χ4n) is 4.35. The molecule has 3 aliphatic heterocycles. The van der Waals surface area contributed by atoms with E-state index in [1.807, 2.05) is 58.0 Å². The van der Waals surface area contributed by atoms with Crippen molar-refractivity contribution in [1.29, 1.82) is 0 Å². The zero-order valence-corrected chi connectivity index (χ0v) is 20.0. The molecule has 3 saturated heterocycles. The van der Waals surface area contributed by atoms with Crippen LogP contribution in [0.5, 0.6) is 0 Å². The van der Waals surface area contributed by atoms with Crippen molar-refractivity contribution in [2.75, 3.05) is 13.2 Å². The van der Waals surface area contributed by atoms with Crippen molar-refractivity contribution >= 4 is 11.7 Å². The van der Waals surface area contributed by atoms with Crippen LogP contribution in [0.15, 0.2) is 36.4 Å². The van der Waals surface area contributed by atoms with Gasteiger partial charge in [0.15, 0.2) is 30.1 Å². The Hall–Kier alpha value is -1.97. The number of esters is 1. The van der Waals surface area contributed by atoms with Crippen molar-refractivity contribution in [2.24, 2.45) is 0 Å². The summed E-state index contributed by atoms with van der Waals surface area (Å²) in [6.45, 7) is 10.5. The van der Waals surface area contributed by atoms with E-state index in [4.69, 9.17) is 28.4 Å². The fourth-order valence-corrected chi connectivity index (χ4v) is 4.35. The predicted molar refractivity (Wildman–Crippen MR) is 121 cm³/mol. The number of carbonyl (C=O) groups excluding carboxylic acids is 1. The van der Waals surface area contributed by atoms with Crippen LogP contribution in [0.3, 0.4) is 0 Å². The molecule has 0 aromatic heterocycles. The number of carbonyl (C=O) groups is 1. The third-order valence-electron chi connectivity index (χ3n) is 5.87. The zero-order chi connectivity index (χ0) is 23.6. The second kappa shape index (κ2) is 9.72. The van der Waals surface area contributed by atoms with E-state index in [1.54, 1.807) is 0 Å². The number of unbranched alkanes of at least 4 members (excludes halogenated alkanes) is 1. The molecule has 1 aromatic carbocycles. The average Bonchev–Trinajstić information content (AvgIpc) is 3.37. The minimum absolute atomic E-state index is 0.332. The van der Waals surface area contributed by atoms with E-state index in [-0.39, 0.29) is 0 Å². The summed E-state index contributed by atoms with van der Waals surface area (Å²) in [5, 5.41) is 3.36. The van der Waals surface area contributed by atoms with E-state index in [0.29, 0.717) is 12.3 Å². The van der Waals surface area contributed by atoms with Gasteiger partial charge < -0.3 is 33.7 Å². The second-order valence-electron chi connectivity index (χ2n) is 9.54. The smallest absolute Gasteiger partial charge is 0.333 e. The lowest BCUT2D eigenvalue weighted by atomic mass is 10.1. The Bertz CT molecular complexity index is 854. The Morgan fingerprint density at radius 3 is 2.52 bits per heavy atom. The molecule has 0 spiro atoms.